The van der Waals surface area contributed by atoms with Crippen molar-refractivity contribution in [2.45, 2.75) is 13.1 Å². The highest BCUT2D eigenvalue weighted by atomic mass is 16.2. The lowest BCUT2D eigenvalue weighted by Crippen LogP contribution is -2.47. The van der Waals surface area contributed by atoms with Gasteiger partial charge in [-0.2, -0.15) is 4.98 Å². The molecule has 9 N–H and O–H groups in total. The second-order valence-corrected chi connectivity index (χ2v) is 8.30. The summed E-state index contributed by atoms with van der Waals surface area (Å²) in [5.41, 5.74) is 22.1. The fourth-order valence-corrected chi connectivity index (χ4v) is 3.56. The van der Waals surface area contributed by atoms with Gasteiger partial charge < -0.3 is 42.6 Å². The van der Waals surface area contributed by atoms with E-state index in [1.165, 1.54) is 34.4 Å². The molecule has 0 spiro atoms. The number of primary amides is 1. The van der Waals surface area contributed by atoms with E-state index in [9.17, 15) is 24.0 Å². The average Bonchev–Trinajstić information content (AvgIpc) is 3.28. The number of nitrogen functional groups attached to an aromatic ring is 2. The number of imidazole rings is 1. The number of aromatic nitrogens is 6. The first-order valence-corrected chi connectivity index (χ1v) is 11.6. The Balaban J connectivity index is 1.57. The van der Waals surface area contributed by atoms with E-state index in [2.05, 4.69) is 25.3 Å². The Morgan fingerprint density at radius 1 is 0.949 bits per heavy atom. The quantitative estimate of drug-likeness (QED) is 0.136. The van der Waals surface area contributed by atoms with Crippen molar-refractivity contribution in [1.29, 1.82) is 0 Å². The Labute approximate surface area is 221 Å². The third kappa shape index (κ3) is 7.68. The van der Waals surface area contributed by atoms with E-state index in [0.29, 0.717) is 11.2 Å². The maximum absolute atomic E-state index is 12.9. The summed E-state index contributed by atoms with van der Waals surface area (Å²) in [6, 6.07) is 1.35. The van der Waals surface area contributed by atoms with Crippen LogP contribution in [0.4, 0.5) is 11.6 Å². The standard InChI is InChI=1S/C21H29N13O5/c22-2-5-31(17(38)10-34-12-29-18-19(25)27-11-28-20(18)34)8-15(36)26-3-6-32(7-14(24)35)16(37)9-33-4-1-13(23)30-21(33)39/h1,4,11-12H,2-3,5-10,22H2,(H2,24,35)(H,26,36)(H2,23,30,39)(H2,25,27,28). The van der Waals surface area contributed by atoms with Gasteiger partial charge in [-0.05, 0) is 6.07 Å². The van der Waals surface area contributed by atoms with Crippen LogP contribution < -0.4 is 33.9 Å². The lowest BCUT2D eigenvalue weighted by molar-refractivity contribution is -0.137. The third-order valence-electron chi connectivity index (χ3n) is 5.43. The Morgan fingerprint density at radius 3 is 2.31 bits per heavy atom. The number of rotatable bonds is 13. The van der Waals surface area contributed by atoms with Crippen LogP contribution in [0.2, 0.25) is 0 Å². The molecule has 3 heterocycles. The molecule has 4 amide bonds. The van der Waals surface area contributed by atoms with Gasteiger partial charge >= 0.3 is 5.69 Å². The highest BCUT2D eigenvalue weighted by Gasteiger charge is 2.20. The van der Waals surface area contributed by atoms with Crippen LogP contribution in [-0.4, -0.2) is 102 Å². The molecular formula is C21H29N13O5. The van der Waals surface area contributed by atoms with Crippen molar-refractivity contribution in [2.24, 2.45) is 11.5 Å². The van der Waals surface area contributed by atoms with Crippen molar-refractivity contribution in [3.05, 3.63) is 35.4 Å². The van der Waals surface area contributed by atoms with Crippen molar-refractivity contribution in [1.82, 2.24) is 44.2 Å². The monoisotopic (exact) mass is 543 g/mol. The maximum atomic E-state index is 12.9. The van der Waals surface area contributed by atoms with Gasteiger partial charge in [0, 0.05) is 32.4 Å². The molecule has 39 heavy (non-hydrogen) atoms. The highest BCUT2D eigenvalue weighted by molar-refractivity contribution is 5.87. The smallest absolute Gasteiger partial charge is 0.349 e. The van der Waals surface area contributed by atoms with Gasteiger partial charge in [-0.15, -0.1) is 0 Å². The van der Waals surface area contributed by atoms with Crippen molar-refractivity contribution in [3.8, 4) is 0 Å². The summed E-state index contributed by atoms with van der Waals surface area (Å²) in [5, 5.41) is 2.59. The molecule has 0 saturated heterocycles. The van der Waals surface area contributed by atoms with E-state index >= 15 is 0 Å². The fraction of sp³-hybridized carbons (Fsp3) is 0.381. The zero-order valence-electron chi connectivity index (χ0n) is 20.9. The first-order chi connectivity index (χ1) is 18.6. The van der Waals surface area contributed by atoms with Crippen LogP contribution in [-0.2, 0) is 32.3 Å². The van der Waals surface area contributed by atoms with Gasteiger partial charge in [0.25, 0.3) is 0 Å². The molecule has 3 aromatic rings. The summed E-state index contributed by atoms with van der Waals surface area (Å²) in [5.74, 6) is -2.15. The molecular weight excluding hydrogens is 514 g/mol. The number of nitrogens with one attached hydrogen (secondary N) is 1. The number of anilines is 2. The van der Waals surface area contributed by atoms with Gasteiger partial charge in [0.15, 0.2) is 11.5 Å². The minimum absolute atomic E-state index is 0.000365. The zero-order chi connectivity index (χ0) is 28.5. The molecule has 0 aromatic carbocycles. The number of carbonyl (C=O) groups is 4. The molecule has 0 radical (unpaired) electrons. The molecule has 18 nitrogen and oxygen atoms in total. The number of carbonyl (C=O) groups excluding carboxylic acids is 4. The molecule has 18 heteroatoms. The largest absolute Gasteiger partial charge is 0.383 e. The summed E-state index contributed by atoms with van der Waals surface area (Å²) >= 11 is 0. The number of nitrogens with two attached hydrogens (primary N) is 4. The van der Waals surface area contributed by atoms with Crippen molar-refractivity contribution in [3.63, 3.8) is 0 Å². The number of hydrogen-bond donors (Lipinski definition) is 5. The minimum Gasteiger partial charge on any atom is -0.383 e. The lowest BCUT2D eigenvalue weighted by Gasteiger charge is -2.23. The second-order valence-electron chi connectivity index (χ2n) is 8.30. The Hall–Kier alpha value is -5.13. The summed E-state index contributed by atoms with van der Waals surface area (Å²) in [6.45, 7) is -1.25. The van der Waals surface area contributed by atoms with Crippen LogP contribution in [0.3, 0.4) is 0 Å². The fourth-order valence-electron chi connectivity index (χ4n) is 3.56. The van der Waals surface area contributed by atoms with E-state index in [4.69, 9.17) is 22.9 Å². The molecule has 0 aliphatic heterocycles. The molecule has 0 atom stereocenters. The number of amides is 4. The molecule has 3 rings (SSSR count). The molecule has 0 unspecified atom stereocenters. The molecule has 3 aromatic heterocycles. The summed E-state index contributed by atoms with van der Waals surface area (Å²) in [7, 11) is 0. The number of fused-ring (bicyclic) bond motifs is 1. The highest BCUT2D eigenvalue weighted by Crippen LogP contribution is 2.14. The van der Waals surface area contributed by atoms with E-state index in [1.807, 2.05) is 0 Å². The van der Waals surface area contributed by atoms with Crippen molar-refractivity contribution >= 4 is 46.4 Å². The minimum atomic E-state index is -0.781. The van der Waals surface area contributed by atoms with Crippen LogP contribution in [0, 0.1) is 0 Å². The predicted molar refractivity (Wildman–Crippen MR) is 137 cm³/mol. The average molecular weight is 544 g/mol. The second kappa shape index (κ2) is 12.9. The Morgan fingerprint density at radius 2 is 1.64 bits per heavy atom. The summed E-state index contributed by atoms with van der Waals surface area (Å²) < 4.78 is 2.50. The number of hydrogen-bond acceptors (Lipinski definition) is 12. The van der Waals surface area contributed by atoms with Crippen molar-refractivity contribution in [2.75, 3.05) is 50.7 Å². The van der Waals surface area contributed by atoms with E-state index in [1.54, 1.807) is 0 Å². The molecule has 0 saturated carbocycles. The van der Waals surface area contributed by atoms with Gasteiger partial charge in [0.2, 0.25) is 23.6 Å². The van der Waals surface area contributed by atoms with Gasteiger partial charge in [-0.25, -0.2) is 19.7 Å². The number of nitrogens with zero attached hydrogens (tertiary/aromatic N) is 8. The van der Waals surface area contributed by atoms with Crippen molar-refractivity contribution < 1.29 is 19.2 Å². The van der Waals surface area contributed by atoms with E-state index in [-0.39, 0.29) is 50.9 Å². The third-order valence-corrected chi connectivity index (χ3v) is 5.43. The molecule has 0 aliphatic carbocycles. The van der Waals surface area contributed by atoms with Gasteiger partial charge in [0.1, 0.15) is 30.8 Å². The molecule has 208 valence electrons. The zero-order valence-corrected chi connectivity index (χ0v) is 20.9. The van der Waals surface area contributed by atoms with Crippen LogP contribution in [0.25, 0.3) is 11.2 Å². The van der Waals surface area contributed by atoms with Crippen LogP contribution in [0.15, 0.2) is 29.7 Å². The predicted octanol–water partition coefficient (Wildman–Crippen LogP) is -4.53. The molecule has 0 aliphatic rings. The molecule has 0 bridgehead atoms. The SMILES string of the molecule is NCCN(CC(=O)NCCN(CC(N)=O)C(=O)Cn1ccc(N)nc1=O)C(=O)Cn1cnc2c(N)ncnc21. The first-order valence-electron chi connectivity index (χ1n) is 11.6. The maximum Gasteiger partial charge on any atom is 0.349 e. The summed E-state index contributed by atoms with van der Waals surface area (Å²) in [6.07, 6.45) is 3.94. The Kier molecular flexibility index (Phi) is 9.41. The van der Waals surface area contributed by atoms with Crippen LogP contribution in [0.1, 0.15) is 0 Å². The molecule has 0 fully saturated rings. The van der Waals surface area contributed by atoms with Gasteiger partial charge in [-0.3, -0.25) is 23.7 Å². The van der Waals surface area contributed by atoms with E-state index < -0.39 is 42.4 Å². The van der Waals surface area contributed by atoms with Crippen LogP contribution >= 0.6 is 0 Å². The Bertz CT molecular complexity index is 1420. The first kappa shape index (κ1) is 28.4. The lowest BCUT2D eigenvalue weighted by atomic mass is 10.3. The van der Waals surface area contributed by atoms with Crippen LogP contribution in [0.5, 0.6) is 0 Å². The summed E-state index contributed by atoms with van der Waals surface area (Å²) in [4.78, 5) is 79.5. The topological polar surface area (TPSA) is 269 Å². The normalized spacial score (nSPS) is 10.8. The van der Waals surface area contributed by atoms with E-state index in [0.717, 1.165) is 9.47 Å². The van der Waals surface area contributed by atoms with Gasteiger partial charge in [-0.1, -0.05) is 0 Å². The van der Waals surface area contributed by atoms with Gasteiger partial charge in [0.05, 0.1) is 19.4 Å².